The summed E-state index contributed by atoms with van der Waals surface area (Å²) in [6.45, 7) is 0.697. The van der Waals surface area contributed by atoms with E-state index in [0.717, 1.165) is 11.1 Å². The van der Waals surface area contributed by atoms with Gasteiger partial charge >= 0.3 is 5.69 Å². The second-order valence-corrected chi connectivity index (χ2v) is 8.14. The van der Waals surface area contributed by atoms with Gasteiger partial charge in [-0.25, -0.2) is 4.79 Å². The molecule has 9 heteroatoms. The fraction of sp³-hybridized carbons (Fsp3) is 0.190. The van der Waals surface area contributed by atoms with Crippen LogP contribution in [0.5, 0.6) is 0 Å². The van der Waals surface area contributed by atoms with Gasteiger partial charge in [-0.2, -0.15) is 5.26 Å². The van der Waals surface area contributed by atoms with Gasteiger partial charge in [0.15, 0.2) is 5.08 Å². The van der Waals surface area contributed by atoms with E-state index >= 15 is 0 Å². The number of alkyl halides is 1. The Morgan fingerprint density at radius 2 is 1.70 bits per heavy atom. The maximum Gasteiger partial charge on any atom is 0.329 e. The summed E-state index contributed by atoms with van der Waals surface area (Å²) in [5.74, 6) is 0.477. The first-order valence-corrected chi connectivity index (χ1v) is 10.4. The molecule has 0 saturated heterocycles. The quantitative estimate of drug-likeness (QED) is 0.452. The average Bonchev–Trinajstić information content (AvgIpc) is 3.01. The highest BCUT2D eigenvalue weighted by Gasteiger charge is 2.39. The third-order valence-electron chi connectivity index (χ3n) is 5.12. The van der Waals surface area contributed by atoms with Crippen molar-refractivity contribution in [3.05, 3.63) is 91.1 Å². The Hall–Kier alpha value is -3.02. The minimum atomic E-state index is -0.503. The lowest BCUT2D eigenvalue weighted by Gasteiger charge is -2.28. The van der Waals surface area contributed by atoms with Gasteiger partial charge in [-0.15, -0.1) is 0 Å². The standard InChI is InChI=1S/C21H17BrClN5O2/c1-26-19-17(18(29)25-21(26)30)27(12-15-8-4-5-9-16(15)23)20(22)28(19)11-14-7-3-2-6-13(14)10-24/h2-9,20H,11-12H2,1H3,(H,25,29,30). The molecule has 2 aromatic carbocycles. The molecular formula is C21H17BrClN5O2. The van der Waals surface area contributed by atoms with E-state index in [4.69, 9.17) is 11.6 Å². The molecule has 4 rings (SSSR count). The smallest absolute Gasteiger partial charge is 0.329 e. The number of aromatic nitrogens is 2. The summed E-state index contributed by atoms with van der Waals surface area (Å²) in [4.78, 5) is 31.2. The number of rotatable bonds is 4. The Kier molecular flexibility index (Phi) is 5.41. The normalized spacial score (nSPS) is 15.2. The largest absolute Gasteiger partial charge is 0.330 e. The number of aromatic amines is 1. The minimum absolute atomic E-state index is 0.336. The summed E-state index contributed by atoms with van der Waals surface area (Å²) in [6.07, 6.45) is 0. The van der Waals surface area contributed by atoms with Crippen LogP contribution in [0.15, 0.2) is 58.1 Å². The molecule has 30 heavy (non-hydrogen) atoms. The van der Waals surface area contributed by atoms with Gasteiger partial charge in [0.2, 0.25) is 0 Å². The first kappa shape index (κ1) is 20.3. The molecule has 0 radical (unpaired) electrons. The molecule has 7 nitrogen and oxygen atoms in total. The van der Waals surface area contributed by atoms with Crippen molar-refractivity contribution in [3.63, 3.8) is 0 Å². The van der Waals surface area contributed by atoms with E-state index in [-0.39, 0.29) is 0 Å². The van der Waals surface area contributed by atoms with E-state index in [1.807, 2.05) is 40.1 Å². The van der Waals surface area contributed by atoms with Gasteiger partial charge in [0.05, 0.1) is 11.6 Å². The van der Waals surface area contributed by atoms with Gasteiger partial charge in [0.25, 0.3) is 5.56 Å². The van der Waals surface area contributed by atoms with Gasteiger partial charge in [0.1, 0.15) is 11.5 Å². The molecule has 0 spiro atoms. The van der Waals surface area contributed by atoms with Crippen LogP contribution in [0, 0.1) is 11.3 Å². The third-order valence-corrected chi connectivity index (χ3v) is 6.48. The second-order valence-electron chi connectivity index (χ2n) is 6.92. The summed E-state index contributed by atoms with van der Waals surface area (Å²) < 4.78 is 1.41. The van der Waals surface area contributed by atoms with Crippen molar-refractivity contribution < 1.29 is 0 Å². The van der Waals surface area contributed by atoms with Gasteiger partial charge in [0, 0.05) is 25.2 Å². The predicted octanol–water partition coefficient (Wildman–Crippen LogP) is 3.30. The monoisotopic (exact) mass is 485 g/mol. The summed E-state index contributed by atoms with van der Waals surface area (Å²) in [7, 11) is 1.61. The maximum absolute atomic E-state index is 12.8. The van der Waals surface area contributed by atoms with Crippen LogP contribution in [0.3, 0.4) is 0 Å². The molecule has 1 aliphatic heterocycles. The van der Waals surface area contributed by atoms with E-state index < -0.39 is 16.3 Å². The lowest BCUT2D eigenvalue weighted by molar-refractivity contribution is 0.707. The van der Waals surface area contributed by atoms with E-state index in [0.29, 0.717) is 35.2 Å². The lowest BCUT2D eigenvalue weighted by Crippen LogP contribution is -2.39. The molecule has 3 aromatic rings. The molecule has 1 aliphatic rings. The Morgan fingerprint density at radius 3 is 2.40 bits per heavy atom. The van der Waals surface area contributed by atoms with Crippen molar-refractivity contribution in [1.82, 2.24) is 9.55 Å². The van der Waals surface area contributed by atoms with Gasteiger partial charge in [-0.3, -0.25) is 14.3 Å². The van der Waals surface area contributed by atoms with Crippen LogP contribution >= 0.6 is 27.5 Å². The van der Waals surface area contributed by atoms with Crippen molar-refractivity contribution in [2.75, 3.05) is 9.80 Å². The lowest BCUT2D eigenvalue weighted by atomic mass is 10.1. The number of anilines is 2. The zero-order valence-electron chi connectivity index (χ0n) is 16.0. The Morgan fingerprint density at radius 1 is 1.07 bits per heavy atom. The molecule has 0 fully saturated rings. The minimum Gasteiger partial charge on any atom is -0.330 e. The van der Waals surface area contributed by atoms with Crippen LogP contribution in [0.1, 0.15) is 16.7 Å². The van der Waals surface area contributed by atoms with Crippen LogP contribution in [0.2, 0.25) is 5.02 Å². The molecule has 1 N–H and O–H groups in total. The maximum atomic E-state index is 12.8. The van der Waals surface area contributed by atoms with E-state index in [9.17, 15) is 14.9 Å². The molecule has 152 valence electrons. The number of H-pyrrole nitrogens is 1. The highest BCUT2D eigenvalue weighted by molar-refractivity contribution is 9.09. The first-order valence-electron chi connectivity index (χ1n) is 9.14. The van der Waals surface area contributed by atoms with Crippen LogP contribution in [-0.4, -0.2) is 14.6 Å². The molecule has 1 atom stereocenters. The molecule has 0 aliphatic carbocycles. The summed E-state index contributed by atoms with van der Waals surface area (Å²) in [5, 5.41) is 9.62. The van der Waals surface area contributed by atoms with Crippen LogP contribution in [-0.2, 0) is 20.1 Å². The number of halogens is 2. The summed E-state index contributed by atoms with van der Waals surface area (Å²) in [5.41, 5.74) is 1.58. The van der Waals surface area contributed by atoms with E-state index in [2.05, 4.69) is 27.0 Å². The molecule has 1 unspecified atom stereocenters. The molecule has 0 bridgehead atoms. The molecule has 1 aromatic heterocycles. The van der Waals surface area contributed by atoms with Crippen molar-refractivity contribution >= 4 is 39.0 Å². The van der Waals surface area contributed by atoms with Crippen LogP contribution in [0.4, 0.5) is 11.5 Å². The molecule has 0 amide bonds. The van der Waals surface area contributed by atoms with Crippen molar-refractivity contribution in [1.29, 1.82) is 5.26 Å². The highest BCUT2D eigenvalue weighted by Crippen LogP contribution is 2.40. The van der Waals surface area contributed by atoms with Crippen LogP contribution < -0.4 is 21.0 Å². The fourth-order valence-electron chi connectivity index (χ4n) is 3.63. The Bertz CT molecular complexity index is 1280. The second kappa shape index (κ2) is 8.01. The topological polar surface area (TPSA) is 85.1 Å². The van der Waals surface area contributed by atoms with Gasteiger partial charge < -0.3 is 9.80 Å². The third kappa shape index (κ3) is 3.40. The predicted molar refractivity (Wildman–Crippen MR) is 120 cm³/mol. The molecule has 2 heterocycles. The number of nitriles is 1. The van der Waals surface area contributed by atoms with Crippen molar-refractivity contribution in [2.45, 2.75) is 18.2 Å². The van der Waals surface area contributed by atoms with Gasteiger partial charge in [-0.1, -0.05) is 48.0 Å². The number of nitrogens with one attached hydrogen (secondary N) is 1. The average molecular weight is 487 g/mol. The van der Waals surface area contributed by atoms with Crippen molar-refractivity contribution in [2.24, 2.45) is 7.05 Å². The number of benzene rings is 2. The SMILES string of the molecule is Cn1c2c(c(=O)[nH]c1=O)N(Cc1ccccc1Cl)C(Br)N2Cc1ccccc1C#N. The highest BCUT2D eigenvalue weighted by atomic mass is 79.9. The van der Waals surface area contributed by atoms with Gasteiger partial charge in [-0.05, 0) is 39.2 Å². The fourth-order valence-corrected chi connectivity index (χ4v) is 4.51. The zero-order chi connectivity index (χ0) is 21.4. The zero-order valence-corrected chi connectivity index (χ0v) is 18.3. The number of hydrogen-bond acceptors (Lipinski definition) is 5. The summed E-state index contributed by atoms with van der Waals surface area (Å²) in [6, 6.07) is 16.9. The van der Waals surface area contributed by atoms with E-state index in [1.165, 1.54) is 4.57 Å². The number of nitrogens with zero attached hydrogens (tertiary/aromatic N) is 4. The molecule has 0 saturated carbocycles. The summed E-state index contributed by atoms with van der Waals surface area (Å²) >= 11 is 10.0. The van der Waals surface area contributed by atoms with E-state index in [1.54, 1.807) is 25.2 Å². The van der Waals surface area contributed by atoms with Crippen molar-refractivity contribution in [3.8, 4) is 6.07 Å². The number of fused-ring (bicyclic) bond motifs is 1. The number of hydrogen-bond donors (Lipinski definition) is 1. The van der Waals surface area contributed by atoms with Crippen LogP contribution in [0.25, 0.3) is 0 Å². The Labute approximate surface area is 185 Å². The first-order chi connectivity index (χ1) is 14.4. The molecular weight excluding hydrogens is 470 g/mol. The Balaban J connectivity index is 1.84.